The van der Waals surface area contributed by atoms with Crippen LogP contribution in [0.3, 0.4) is 0 Å². The van der Waals surface area contributed by atoms with Gasteiger partial charge in [0.05, 0.1) is 17.6 Å². The second-order valence-corrected chi connectivity index (χ2v) is 8.89. The zero-order valence-electron chi connectivity index (χ0n) is 19.2. The van der Waals surface area contributed by atoms with Crippen LogP contribution in [0.4, 0.5) is 24.5 Å². The van der Waals surface area contributed by atoms with Gasteiger partial charge in [-0.2, -0.15) is 13.2 Å². The summed E-state index contributed by atoms with van der Waals surface area (Å²) in [6, 6.07) is 6.55. The van der Waals surface area contributed by atoms with Gasteiger partial charge in [-0.05, 0) is 54.7 Å². The maximum Gasteiger partial charge on any atom is 0.416 e. The van der Waals surface area contributed by atoms with Crippen molar-refractivity contribution in [1.29, 1.82) is 0 Å². The molecule has 0 spiro atoms. The van der Waals surface area contributed by atoms with Gasteiger partial charge in [-0.15, -0.1) is 11.3 Å². The lowest BCUT2D eigenvalue weighted by atomic mass is 9.82. The highest BCUT2D eigenvalue weighted by Gasteiger charge is 2.41. The van der Waals surface area contributed by atoms with Crippen molar-refractivity contribution >= 4 is 28.6 Å². The monoisotopic (exact) mass is 524 g/mol. The van der Waals surface area contributed by atoms with Crippen molar-refractivity contribution < 1.29 is 32.7 Å². The van der Waals surface area contributed by atoms with Crippen LogP contribution < -0.4 is 15.8 Å². The van der Waals surface area contributed by atoms with Crippen LogP contribution in [0.25, 0.3) is 0 Å². The van der Waals surface area contributed by atoms with Crippen LogP contribution >= 0.6 is 11.3 Å². The number of benzene rings is 2. The van der Waals surface area contributed by atoms with Crippen LogP contribution in [0.2, 0.25) is 0 Å². The summed E-state index contributed by atoms with van der Waals surface area (Å²) < 4.78 is 43.7. The van der Waals surface area contributed by atoms with Gasteiger partial charge in [-0.25, -0.2) is 4.98 Å². The van der Waals surface area contributed by atoms with Crippen molar-refractivity contribution in [2.75, 3.05) is 12.4 Å². The minimum absolute atomic E-state index is 0.0471. The van der Waals surface area contributed by atoms with Gasteiger partial charge in [0.2, 0.25) is 5.75 Å². The first-order valence-electron chi connectivity index (χ1n) is 10.6. The minimum atomic E-state index is -4.52. The predicted octanol–water partition coefficient (Wildman–Crippen LogP) is 5.16. The topological polar surface area (TPSA) is 141 Å². The molecule has 1 amide bonds. The number of nitrogens with one attached hydrogen (secondary N) is 1. The highest BCUT2D eigenvalue weighted by Crippen LogP contribution is 2.42. The number of nitrogens with zero attached hydrogens (tertiary/aromatic N) is 2. The fourth-order valence-corrected chi connectivity index (χ4v) is 4.50. The van der Waals surface area contributed by atoms with Crippen molar-refractivity contribution in [2.45, 2.75) is 37.4 Å². The zero-order chi connectivity index (χ0) is 26.7. The molecule has 0 fully saturated rings. The Balaban J connectivity index is 1.97. The van der Waals surface area contributed by atoms with Crippen molar-refractivity contribution in [3.05, 3.63) is 74.2 Å². The lowest BCUT2D eigenvalue weighted by Gasteiger charge is -2.30. The summed E-state index contributed by atoms with van der Waals surface area (Å²) in [5.41, 5.74) is 3.97. The molecule has 2 unspecified atom stereocenters. The van der Waals surface area contributed by atoms with Crippen molar-refractivity contribution in [3.63, 3.8) is 0 Å². The summed E-state index contributed by atoms with van der Waals surface area (Å²) in [7, 11) is 1.25. The lowest BCUT2D eigenvalue weighted by molar-refractivity contribution is -0.386. The number of carbonyl (C=O) groups excluding carboxylic acids is 1. The molecule has 4 N–H and O–H groups in total. The highest BCUT2D eigenvalue weighted by molar-refractivity contribution is 7.09. The van der Waals surface area contributed by atoms with Crippen LogP contribution in [0, 0.1) is 10.1 Å². The van der Waals surface area contributed by atoms with Crippen LogP contribution in [0.5, 0.6) is 11.5 Å². The Labute approximate surface area is 207 Å². The van der Waals surface area contributed by atoms with Gasteiger partial charge in [0.15, 0.2) is 5.75 Å². The second kappa shape index (κ2) is 10.5. The van der Waals surface area contributed by atoms with E-state index in [1.807, 2.05) is 0 Å². The molecule has 0 aliphatic carbocycles. The van der Waals surface area contributed by atoms with E-state index in [4.69, 9.17) is 10.5 Å². The van der Waals surface area contributed by atoms with Gasteiger partial charge < -0.3 is 20.9 Å². The number of methoxy groups -OCH3 is 1. The van der Waals surface area contributed by atoms with E-state index in [0.29, 0.717) is 12.0 Å². The average Bonchev–Trinajstić information content (AvgIpc) is 3.38. The van der Waals surface area contributed by atoms with Crippen LogP contribution in [0.15, 0.2) is 48.0 Å². The molecule has 0 aliphatic rings. The minimum Gasteiger partial charge on any atom is -0.500 e. The predicted molar refractivity (Wildman–Crippen MR) is 127 cm³/mol. The Kier molecular flexibility index (Phi) is 7.84. The second-order valence-electron chi connectivity index (χ2n) is 8.00. The van der Waals surface area contributed by atoms with Crippen molar-refractivity contribution in [2.24, 2.45) is 5.73 Å². The average molecular weight is 525 g/mol. The number of rotatable bonds is 9. The van der Waals surface area contributed by atoms with Gasteiger partial charge in [0.25, 0.3) is 5.91 Å². The molecule has 3 rings (SSSR count). The van der Waals surface area contributed by atoms with E-state index in [-0.39, 0.29) is 22.9 Å². The van der Waals surface area contributed by atoms with E-state index in [1.165, 1.54) is 25.4 Å². The number of carbonyl (C=O) groups is 1. The molecule has 0 aliphatic heterocycles. The summed E-state index contributed by atoms with van der Waals surface area (Å²) in [6.07, 6.45) is -2.71. The first-order chi connectivity index (χ1) is 16.9. The number of amides is 1. The number of ether oxygens (including phenoxy) is 1. The molecule has 1 aromatic heterocycles. The molecule has 36 heavy (non-hydrogen) atoms. The maximum atomic E-state index is 13.4. The number of nitrogens with two attached hydrogens (primary N) is 1. The molecular weight excluding hydrogens is 501 g/mol. The Morgan fingerprint density at radius 1 is 1.31 bits per heavy atom. The Bertz CT molecular complexity index is 1240. The molecular formula is C23H23F3N4O5S. The van der Waals surface area contributed by atoms with Crippen molar-refractivity contribution in [1.82, 2.24) is 4.98 Å². The number of aromatic nitrogens is 1. The normalized spacial score (nSPS) is 14.1. The van der Waals surface area contributed by atoms with Crippen LogP contribution in [-0.4, -0.2) is 28.0 Å². The molecule has 2 aromatic carbocycles. The highest BCUT2D eigenvalue weighted by atomic mass is 32.1. The van der Waals surface area contributed by atoms with E-state index in [2.05, 4.69) is 10.3 Å². The number of hydrogen-bond acceptors (Lipinski definition) is 8. The third-order valence-electron chi connectivity index (χ3n) is 5.72. The van der Waals surface area contributed by atoms with Gasteiger partial charge in [-0.3, -0.25) is 14.9 Å². The number of alkyl halides is 3. The third-order valence-corrected chi connectivity index (χ3v) is 6.67. The molecule has 0 bridgehead atoms. The van der Waals surface area contributed by atoms with E-state index in [1.54, 1.807) is 12.3 Å². The number of halogens is 3. The quantitative estimate of drug-likeness (QED) is 0.259. The number of anilines is 1. The summed E-state index contributed by atoms with van der Waals surface area (Å²) in [5, 5.41) is 26.0. The van der Waals surface area contributed by atoms with Gasteiger partial charge >= 0.3 is 11.9 Å². The van der Waals surface area contributed by atoms with E-state index in [9.17, 15) is 33.2 Å². The first-order valence-corrected chi connectivity index (χ1v) is 11.5. The van der Waals surface area contributed by atoms with Gasteiger partial charge in [-0.1, -0.05) is 6.92 Å². The number of phenols is 1. The van der Waals surface area contributed by atoms with E-state index in [0.717, 1.165) is 35.6 Å². The SMILES string of the molecule is CCC(CC(N)(C(=O)Nc1ccc(C(F)(F)F)cc1)c1nccs1)c1cc(OC)c(O)c([N+](=O)[O-])c1. The maximum absolute atomic E-state index is 13.4. The Morgan fingerprint density at radius 3 is 2.47 bits per heavy atom. The first kappa shape index (κ1) is 26.9. The largest absolute Gasteiger partial charge is 0.500 e. The number of phenolic OH excluding ortho intramolecular Hbond substituents is 1. The summed E-state index contributed by atoms with van der Waals surface area (Å²) in [6.45, 7) is 1.80. The number of aromatic hydroxyl groups is 1. The molecule has 0 saturated carbocycles. The molecule has 13 heteroatoms. The van der Waals surface area contributed by atoms with Gasteiger partial charge in [0, 0.05) is 23.3 Å². The van der Waals surface area contributed by atoms with E-state index >= 15 is 0 Å². The van der Waals surface area contributed by atoms with E-state index < -0.39 is 45.5 Å². The van der Waals surface area contributed by atoms with Crippen LogP contribution in [0.1, 0.15) is 41.8 Å². The smallest absolute Gasteiger partial charge is 0.416 e. The molecule has 0 radical (unpaired) electrons. The molecule has 1 heterocycles. The fourth-order valence-electron chi connectivity index (χ4n) is 3.74. The summed E-state index contributed by atoms with van der Waals surface area (Å²) in [4.78, 5) is 28.3. The van der Waals surface area contributed by atoms with Crippen molar-refractivity contribution in [3.8, 4) is 11.5 Å². The molecule has 3 aromatic rings. The summed E-state index contributed by atoms with van der Waals surface area (Å²) >= 11 is 1.12. The number of hydrogen-bond donors (Lipinski definition) is 3. The van der Waals surface area contributed by atoms with Gasteiger partial charge in [0.1, 0.15) is 10.5 Å². The van der Waals surface area contributed by atoms with Crippen LogP contribution in [-0.2, 0) is 16.5 Å². The Hall–Kier alpha value is -3.71. The number of thiazole rings is 1. The molecule has 0 saturated heterocycles. The fraction of sp³-hybridized carbons (Fsp3) is 0.304. The lowest BCUT2D eigenvalue weighted by Crippen LogP contribution is -2.49. The molecule has 192 valence electrons. The number of nitro benzene ring substituents is 1. The third kappa shape index (κ3) is 5.57. The Morgan fingerprint density at radius 2 is 1.97 bits per heavy atom. The standard InChI is InChI=1S/C23H23F3N4O5S/c1-3-13(14-10-17(30(33)34)19(31)18(11-14)35-2)12-22(27,21-28-8-9-36-21)20(32)29-16-6-4-15(5-7-16)23(24,25)26/h4-11,13,31H,3,12,27H2,1-2H3,(H,29,32). The zero-order valence-corrected chi connectivity index (χ0v) is 20.0. The molecule has 2 atom stereocenters. The number of nitro groups is 1. The molecule has 9 nitrogen and oxygen atoms in total. The summed E-state index contributed by atoms with van der Waals surface area (Å²) in [5.74, 6) is -1.95.